The fourth-order valence-electron chi connectivity index (χ4n) is 3.21. The van der Waals surface area contributed by atoms with Gasteiger partial charge in [0.15, 0.2) is 0 Å². The zero-order valence-electron chi connectivity index (χ0n) is 13.7. The van der Waals surface area contributed by atoms with Gasteiger partial charge in [-0.3, -0.25) is 4.90 Å². The summed E-state index contributed by atoms with van der Waals surface area (Å²) in [5, 5.41) is 14.3. The second kappa shape index (κ2) is 6.02. The van der Waals surface area contributed by atoms with E-state index in [4.69, 9.17) is 4.52 Å². The number of nitrogens with zero attached hydrogens (tertiary/aromatic N) is 3. The van der Waals surface area contributed by atoms with Gasteiger partial charge < -0.3 is 9.63 Å². The maximum absolute atomic E-state index is 13.4. The van der Waals surface area contributed by atoms with Gasteiger partial charge in [0.2, 0.25) is 11.7 Å². The molecular weight excluding hydrogens is 297 g/mol. The van der Waals surface area contributed by atoms with Gasteiger partial charge in [0.1, 0.15) is 5.82 Å². The molecule has 1 fully saturated rings. The lowest BCUT2D eigenvalue weighted by atomic mass is 9.97. The minimum atomic E-state index is -0.757. The molecule has 2 aromatic rings. The molecule has 1 saturated heterocycles. The molecule has 1 aliphatic rings. The average Bonchev–Trinajstić information content (AvgIpc) is 3.11. The van der Waals surface area contributed by atoms with Gasteiger partial charge in [-0.2, -0.15) is 4.98 Å². The summed E-state index contributed by atoms with van der Waals surface area (Å²) < 4.78 is 18.7. The molecule has 124 valence electrons. The molecule has 0 spiro atoms. The van der Waals surface area contributed by atoms with Crippen LogP contribution in [0.1, 0.15) is 38.1 Å². The lowest BCUT2D eigenvalue weighted by molar-refractivity contribution is -0.00774. The SMILES string of the molecule is Cc1cc(-c2noc(CN3CCCC3C(C)(C)O)n2)ccc1F. The normalized spacial score (nSPS) is 19.4. The number of hydrogen-bond donors (Lipinski definition) is 1. The molecule has 0 saturated carbocycles. The first kappa shape index (κ1) is 16.1. The van der Waals surface area contributed by atoms with Crippen LogP contribution in [0.15, 0.2) is 22.7 Å². The van der Waals surface area contributed by atoms with Crippen molar-refractivity contribution in [2.45, 2.75) is 51.8 Å². The smallest absolute Gasteiger partial charge is 0.241 e. The number of rotatable bonds is 4. The third kappa shape index (κ3) is 3.43. The molecule has 1 aromatic carbocycles. The molecule has 23 heavy (non-hydrogen) atoms. The Labute approximate surface area is 135 Å². The molecule has 6 heteroatoms. The van der Waals surface area contributed by atoms with Gasteiger partial charge in [-0.05, 0) is 63.9 Å². The van der Waals surface area contributed by atoms with Crippen LogP contribution in [0.25, 0.3) is 11.4 Å². The number of likely N-dealkylation sites (tertiary alicyclic amines) is 1. The van der Waals surface area contributed by atoms with E-state index in [9.17, 15) is 9.50 Å². The molecule has 0 radical (unpaired) electrons. The largest absolute Gasteiger partial charge is 0.389 e. The summed E-state index contributed by atoms with van der Waals surface area (Å²) in [6.45, 7) is 6.79. The number of benzene rings is 1. The molecule has 0 amide bonds. The standard InChI is InChI=1S/C17H22FN3O2/c1-11-9-12(6-7-13(11)18)16-19-15(23-20-16)10-21-8-4-5-14(21)17(2,3)22/h6-7,9,14,22H,4-5,8,10H2,1-3H3. The monoisotopic (exact) mass is 319 g/mol. The van der Waals surface area contributed by atoms with Crippen molar-refractivity contribution in [3.63, 3.8) is 0 Å². The first-order chi connectivity index (χ1) is 10.8. The number of aliphatic hydroxyl groups is 1. The highest BCUT2D eigenvalue weighted by atomic mass is 19.1. The number of halogens is 1. The minimum Gasteiger partial charge on any atom is -0.389 e. The van der Waals surface area contributed by atoms with E-state index in [0.717, 1.165) is 24.9 Å². The first-order valence-electron chi connectivity index (χ1n) is 7.90. The van der Waals surface area contributed by atoms with E-state index in [1.165, 1.54) is 6.07 Å². The van der Waals surface area contributed by atoms with Gasteiger partial charge in [0.05, 0.1) is 12.1 Å². The van der Waals surface area contributed by atoms with E-state index >= 15 is 0 Å². The summed E-state index contributed by atoms with van der Waals surface area (Å²) in [7, 11) is 0. The van der Waals surface area contributed by atoms with Gasteiger partial charge in [-0.25, -0.2) is 4.39 Å². The molecule has 2 heterocycles. The van der Waals surface area contributed by atoms with E-state index in [-0.39, 0.29) is 11.9 Å². The molecule has 1 N–H and O–H groups in total. The molecule has 1 unspecified atom stereocenters. The van der Waals surface area contributed by atoms with Crippen molar-refractivity contribution in [3.8, 4) is 11.4 Å². The zero-order valence-corrected chi connectivity index (χ0v) is 13.7. The summed E-state index contributed by atoms with van der Waals surface area (Å²) in [6, 6.07) is 4.85. The lowest BCUT2D eigenvalue weighted by Gasteiger charge is -2.32. The van der Waals surface area contributed by atoms with Crippen molar-refractivity contribution < 1.29 is 14.0 Å². The van der Waals surface area contributed by atoms with Crippen LogP contribution in [-0.2, 0) is 6.54 Å². The predicted octanol–water partition coefficient (Wildman–Crippen LogP) is 2.92. The van der Waals surface area contributed by atoms with E-state index < -0.39 is 5.60 Å². The van der Waals surface area contributed by atoms with Crippen molar-refractivity contribution in [2.24, 2.45) is 0 Å². The van der Waals surface area contributed by atoms with Crippen LogP contribution in [0, 0.1) is 12.7 Å². The van der Waals surface area contributed by atoms with Crippen molar-refractivity contribution in [1.29, 1.82) is 0 Å². The molecule has 3 rings (SSSR count). The van der Waals surface area contributed by atoms with E-state index in [1.807, 2.05) is 13.8 Å². The zero-order chi connectivity index (χ0) is 16.6. The van der Waals surface area contributed by atoms with Crippen molar-refractivity contribution in [2.75, 3.05) is 6.54 Å². The maximum Gasteiger partial charge on any atom is 0.241 e. The second-order valence-electron chi connectivity index (χ2n) is 6.76. The number of aryl methyl sites for hydroxylation is 1. The van der Waals surface area contributed by atoms with Crippen LogP contribution in [0.4, 0.5) is 4.39 Å². The Morgan fingerprint density at radius 3 is 2.91 bits per heavy atom. The fourth-order valence-corrected chi connectivity index (χ4v) is 3.21. The summed E-state index contributed by atoms with van der Waals surface area (Å²) in [4.78, 5) is 6.58. The van der Waals surface area contributed by atoms with Crippen LogP contribution in [0.5, 0.6) is 0 Å². The lowest BCUT2D eigenvalue weighted by Crippen LogP contribution is -2.45. The Kier molecular flexibility index (Phi) is 4.21. The van der Waals surface area contributed by atoms with Gasteiger partial charge in [-0.15, -0.1) is 0 Å². The van der Waals surface area contributed by atoms with Gasteiger partial charge in [-0.1, -0.05) is 5.16 Å². The number of hydrogen-bond acceptors (Lipinski definition) is 5. The van der Waals surface area contributed by atoms with E-state index in [2.05, 4.69) is 15.0 Å². The Morgan fingerprint density at radius 2 is 2.22 bits per heavy atom. The summed E-state index contributed by atoms with van der Waals surface area (Å²) >= 11 is 0. The van der Waals surface area contributed by atoms with Gasteiger partial charge in [0, 0.05) is 11.6 Å². The molecular formula is C17H22FN3O2. The Morgan fingerprint density at radius 1 is 1.43 bits per heavy atom. The van der Waals surface area contributed by atoms with Crippen molar-refractivity contribution in [3.05, 3.63) is 35.5 Å². The third-order valence-electron chi connectivity index (χ3n) is 4.40. The highest BCUT2D eigenvalue weighted by Crippen LogP contribution is 2.28. The quantitative estimate of drug-likeness (QED) is 0.939. The van der Waals surface area contributed by atoms with Crippen LogP contribution in [0.3, 0.4) is 0 Å². The molecule has 1 atom stereocenters. The van der Waals surface area contributed by atoms with Crippen LogP contribution >= 0.6 is 0 Å². The van der Waals surface area contributed by atoms with Crippen molar-refractivity contribution in [1.82, 2.24) is 15.0 Å². The molecule has 5 nitrogen and oxygen atoms in total. The topological polar surface area (TPSA) is 62.4 Å². The highest BCUT2D eigenvalue weighted by molar-refractivity contribution is 5.55. The fraction of sp³-hybridized carbons (Fsp3) is 0.529. The minimum absolute atomic E-state index is 0.0888. The van der Waals surface area contributed by atoms with Crippen LogP contribution in [0.2, 0.25) is 0 Å². The van der Waals surface area contributed by atoms with Crippen LogP contribution < -0.4 is 0 Å². The maximum atomic E-state index is 13.4. The summed E-state index contributed by atoms with van der Waals surface area (Å²) in [6.07, 6.45) is 2.01. The average molecular weight is 319 g/mol. The summed E-state index contributed by atoms with van der Waals surface area (Å²) in [5.41, 5.74) is 0.530. The predicted molar refractivity (Wildman–Crippen MR) is 84.2 cm³/mol. The molecule has 1 aliphatic heterocycles. The first-order valence-corrected chi connectivity index (χ1v) is 7.90. The van der Waals surface area contributed by atoms with E-state index in [1.54, 1.807) is 19.1 Å². The molecule has 1 aromatic heterocycles. The number of aromatic nitrogens is 2. The molecule has 0 aliphatic carbocycles. The Balaban J connectivity index is 1.76. The van der Waals surface area contributed by atoms with Gasteiger partial charge in [0.25, 0.3) is 0 Å². The Bertz CT molecular complexity index is 693. The summed E-state index contributed by atoms with van der Waals surface area (Å²) in [5.74, 6) is 0.725. The Hall–Kier alpha value is -1.79. The third-order valence-corrected chi connectivity index (χ3v) is 4.40. The highest BCUT2D eigenvalue weighted by Gasteiger charge is 2.36. The second-order valence-corrected chi connectivity index (χ2v) is 6.76. The molecule has 0 bridgehead atoms. The van der Waals surface area contributed by atoms with Crippen molar-refractivity contribution >= 4 is 0 Å². The van der Waals surface area contributed by atoms with E-state index in [0.29, 0.717) is 23.8 Å². The van der Waals surface area contributed by atoms with Gasteiger partial charge >= 0.3 is 0 Å². The van der Waals surface area contributed by atoms with Crippen LogP contribution in [-0.4, -0.2) is 38.3 Å².